The van der Waals surface area contributed by atoms with Crippen molar-refractivity contribution in [1.29, 1.82) is 0 Å². The summed E-state index contributed by atoms with van der Waals surface area (Å²) in [6, 6.07) is 1.84. The molecule has 0 aliphatic carbocycles. The summed E-state index contributed by atoms with van der Waals surface area (Å²) in [6.07, 6.45) is 2.98. The first-order valence-corrected chi connectivity index (χ1v) is 6.96. The lowest BCUT2D eigenvalue weighted by Crippen LogP contribution is -2.07. The van der Waals surface area contributed by atoms with Gasteiger partial charge in [-0.05, 0) is 30.9 Å². The summed E-state index contributed by atoms with van der Waals surface area (Å²) in [5.74, 6) is -0.101. The van der Waals surface area contributed by atoms with Crippen molar-refractivity contribution in [2.75, 3.05) is 0 Å². The molecule has 2 nitrogen and oxygen atoms in total. The molecule has 0 radical (unpaired) electrons. The van der Waals surface area contributed by atoms with Crippen LogP contribution >= 0.6 is 22.9 Å². The number of carbonyl (C=O) groups excluding carboxylic acids is 1. The standard InChI is InChI=1S/C12H12ClNOS.C2H6/c1-4-9(12(13)14-5-2)11(15)10-6-8(3)7-16-10;1-2/h4-7H,2H2,1,3H3;1-2H3/b9-4-,14-12?;. The van der Waals surface area contributed by atoms with E-state index in [9.17, 15) is 4.79 Å². The molecule has 0 aromatic carbocycles. The van der Waals surface area contributed by atoms with Gasteiger partial charge in [0, 0.05) is 6.20 Å². The highest BCUT2D eigenvalue weighted by molar-refractivity contribution is 7.12. The molecule has 0 saturated heterocycles. The van der Waals surface area contributed by atoms with Gasteiger partial charge in [0.15, 0.2) is 0 Å². The Bertz CT molecular complexity index is 472. The predicted octanol–water partition coefficient (Wildman–Crippen LogP) is 4.99. The number of hydrogen-bond acceptors (Lipinski definition) is 3. The van der Waals surface area contributed by atoms with Crippen LogP contribution in [0.1, 0.15) is 36.0 Å². The molecule has 0 bridgehead atoms. The van der Waals surface area contributed by atoms with E-state index in [4.69, 9.17) is 11.6 Å². The fourth-order valence-electron chi connectivity index (χ4n) is 1.18. The molecule has 4 heteroatoms. The normalized spacial score (nSPS) is 11.6. The number of aliphatic imine (C=N–C) groups is 1. The minimum atomic E-state index is -0.101. The van der Waals surface area contributed by atoms with Gasteiger partial charge in [-0.25, -0.2) is 4.99 Å². The van der Waals surface area contributed by atoms with Gasteiger partial charge in [-0.15, -0.1) is 11.3 Å². The van der Waals surface area contributed by atoms with Crippen LogP contribution < -0.4 is 0 Å². The number of hydrogen-bond donors (Lipinski definition) is 0. The highest BCUT2D eigenvalue weighted by Crippen LogP contribution is 2.19. The molecule has 1 aromatic heterocycles. The number of ketones is 1. The van der Waals surface area contributed by atoms with Crippen LogP contribution in [-0.4, -0.2) is 11.0 Å². The first-order valence-electron chi connectivity index (χ1n) is 5.71. The molecule has 1 heterocycles. The maximum absolute atomic E-state index is 12.0. The molecule has 0 aliphatic rings. The van der Waals surface area contributed by atoms with Crippen LogP contribution in [0.5, 0.6) is 0 Å². The van der Waals surface area contributed by atoms with Crippen LogP contribution in [-0.2, 0) is 0 Å². The molecule has 0 unspecified atom stereocenters. The average molecular weight is 284 g/mol. The molecule has 0 N–H and O–H groups in total. The third kappa shape index (κ3) is 4.59. The maximum atomic E-state index is 12.0. The highest BCUT2D eigenvalue weighted by atomic mass is 35.5. The number of Topliss-reactive ketones (excluding diaryl/α,β-unsaturated/α-hetero) is 1. The molecule has 0 atom stereocenters. The van der Waals surface area contributed by atoms with Crippen molar-refractivity contribution < 1.29 is 4.79 Å². The van der Waals surface area contributed by atoms with Crippen molar-refractivity contribution in [2.45, 2.75) is 27.7 Å². The van der Waals surface area contributed by atoms with Crippen LogP contribution in [0.15, 0.2) is 40.9 Å². The van der Waals surface area contributed by atoms with Crippen molar-refractivity contribution >= 4 is 33.9 Å². The SMILES string of the molecule is C=CN=C(Cl)/C(=C\C)C(=O)c1cc(C)cs1.CC. The molecular weight excluding hydrogens is 266 g/mol. The fraction of sp³-hybridized carbons (Fsp3) is 0.286. The molecule has 0 saturated carbocycles. The smallest absolute Gasteiger partial charge is 0.205 e. The second kappa shape index (κ2) is 8.84. The van der Waals surface area contributed by atoms with Crippen molar-refractivity contribution in [3.63, 3.8) is 0 Å². The van der Waals surface area contributed by atoms with E-state index in [1.807, 2.05) is 32.2 Å². The Balaban J connectivity index is 0.00000137. The fourth-order valence-corrected chi connectivity index (χ4v) is 2.29. The largest absolute Gasteiger partial charge is 0.288 e. The van der Waals surface area contributed by atoms with E-state index in [-0.39, 0.29) is 11.0 Å². The van der Waals surface area contributed by atoms with Crippen molar-refractivity contribution in [3.05, 3.63) is 46.3 Å². The summed E-state index contributed by atoms with van der Waals surface area (Å²) < 4.78 is 0. The van der Waals surface area contributed by atoms with Crippen molar-refractivity contribution in [2.24, 2.45) is 4.99 Å². The zero-order valence-electron chi connectivity index (χ0n) is 11.2. The molecular formula is C14H18ClNOS. The summed E-state index contributed by atoms with van der Waals surface area (Å²) in [7, 11) is 0. The van der Waals surface area contributed by atoms with E-state index < -0.39 is 0 Å². The van der Waals surface area contributed by atoms with Gasteiger partial charge in [-0.1, -0.05) is 38.1 Å². The Morgan fingerprint density at radius 1 is 1.50 bits per heavy atom. The number of rotatable bonds is 4. The zero-order chi connectivity index (χ0) is 14.1. The maximum Gasteiger partial charge on any atom is 0.205 e. The second-order valence-corrected chi connectivity index (χ2v) is 4.39. The molecule has 0 spiro atoms. The first kappa shape index (κ1) is 16.8. The summed E-state index contributed by atoms with van der Waals surface area (Å²) in [4.78, 5) is 16.5. The lowest BCUT2D eigenvalue weighted by atomic mass is 10.1. The van der Waals surface area contributed by atoms with Crippen molar-refractivity contribution in [3.8, 4) is 0 Å². The molecule has 98 valence electrons. The third-order valence-corrected chi connectivity index (χ3v) is 3.26. The van der Waals surface area contributed by atoms with Crippen molar-refractivity contribution in [1.82, 2.24) is 0 Å². The number of carbonyl (C=O) groups is 1. The van der Waals surface area contributed by atoms with E-state index in [2.05, 4.69) is 11.6 Å². The van der Waals surface area contributed by atoms with E-state index in [1.54, 1.807) is 13.0 Å². The van der Waals surface area contributed by atoms with Gasteiger partial charge in [0.2, 0.25) is 5.78 Å². The Labute approximate surface area is 118 Å². The lowest BCUT2D eigenvalue weighted by molar-refractivity contribution is 0.104. The van der Waals surface area contributed by atoms with Gasteiger partial charge >= 0.3 is 0 Å². The van der Waals surface area contributed by atoms with Crippen LogP contribution in [0.25, 0.3) is 0 Å². The Morgan fingerprint density at radius 2 is 2.11 bits per heavy atom. The second-order valence-electron chi connectivity index (χ2n) is 3.12. The molecule has 18 heavy (non-hydrogen) atoms. The number of thiophene rings is 1. The first-order chi connectivity index (χ1) is 8.60. The molecule has 0 aliphatic heterocycles. The number of halogens is 1. The monoisotopic (exact) mass is 283 g/mol. The topological polar surface area (TPSA) is 29.4 Å². The number of nitrogens with zero attached hydrogens (tertiary/aromatic N) is 1. The van der Waals surface area contributed by atoms with Gasteiger partial charge < -0.3 is 0 Å². The summed E-state index contributed by atoms with van der Waals surface area (Å²) >= 11 is 7.30. The van der Waals surface area contributed by atoms with Gasteiger partial charge in [-0.3, -0.25) is 4.79 Å². The van der Waals surface area contributed by atoms with Gasteiger partial charge in [0.1, 0.15) is 5.17 Å². The average Bonchev–Trinajstić information content (AvgIpc) is 2.79. The van der Waals surface area contributed by atoms with Gasteiger partial charge in [0.25, 0.3) is 0 Å². The Kier molecular flexibility index (Phi) is 8.25. The third-order valence-electron chi connectivity index (χ3n) is 1.91. The van der Waals surface area contributed by atoms with E-state index in [0.29, 0.717) is 10.5 Å². The van der Waals surface area contributed by atoms with E-state index in [0.717, 1.165) is 5.56 Å². The quantitative estimate of drug-likeness (QED) is 0.435. The Hall–Kier alpha value is -1.19. The van der Waals surface area contributed by atoms with Crippen LogP contribution in [0.4, 0.5) is 0 Å². The summed E-state index contributed by atoms with van der Waals surface area (Å²) in [5.41, 5.74) is 1.48. The summed E-state index contributed by atoms with van der Waals surface area (Å²) in [6.45, 7) is 11.2. The van der Waals surface area contributed by atoms with Crippen LogP contribution in [0.3, 0.4) is 0 Å². The van der Waals surface area contributed by atoms with Gasteiger partial charge in [0.05, 0.1) is 10.5 Å². The van der Waals surface area contributed by atoms with Crippen LogP contribution in [0, 0.1) is 6.92 Å². The van der Waals surface area contributed by atoms with Crippen LogP contribution in [0.2, 0.25) is 0 Å². The minimum absolute atomic E-state index is 0.101. The zero-order valence-corrected chi connectivity index (χ0v) is 12.7. The summed E-state index contributed by atoms with van der Waals surface area (Å²) in [5, 5.41) is 2.10. The molecule has 0 fully saturated rings. The molecule has 1 aromatic rings. The predicted molar refractivity (Wildman–Crippen MR) is 82.0 cm³/mol. The molecule has 0 amide bonds. The lowest BCUT2D eigenvalue weighted by Gasteiger charge is -2.00. The minimum Gasteiger partial charge on any atom is -0.288 e. The molecule has 1 rings (SSSR count). The highest BCUT2D eigenvalue weighted by Gasteiger charge is 2.16. The Morgan fingerprint density at radius 3 is 2.50 bits per heavy atom. The van der Waals surface area contributed by atoms with E-state index >= 15 is 0 Å². The van der Waals surface area contributed by atoms with Gasteiger partial charge in [-0.2, -0.15) is 0 Å². The number of allylic oxidation sites excluding steroid dienone is 2. The number of aryl methyl sites for hydroxylation is 1. The van der Waals surface area contributed by atoms with E-state index in [1.165, 1.54) is 17.5 Å².